The maximum absolute atomic E-state index is 13.2. The van der Waals surface area contributed by atoms with E-state index in [-0.39, 0.29) is 21.0 Å². The van der Waals surface area contributed by atoms with Gasteiger partial charge in [-0.1, -0.05) is 24.3 Å². The number of hydrogen-bond donors (Lipinski definition) is 0. The number of hydrogen-bond acceptors (Lipinski definition) is 7. The maximum Gasteiger partial charge on any atom is 0.379 e. The minimum Gasteiger partial charge on any atom is -0.469 e. The van der Waals surface area contributed by atoms with E-state index in [0.29, 0.717) is 0 Å². The van der Waals surface area contributed by atoms with Crippen molar-refractivity contribution in [3.05, 3.63) is 54.1 Å². The number of ether oxygens (including phenoxy) is 1. The van der Waals surface area contributed by atoms with E-state index in [1.807, 2.05) is 0 Å². The number of anilines is 1. The molecular weight excluding hydrogens is 451 g/mol. The topological polar surface area (TPSA) is 107 Å². The molecule has 0 N–H and O–H groups in total. The molecular formula is C17H14F3NO7S2. The molecule has 8 nitrogen and oxygen atoms in total. The summed E-state index contributed by atoms with van der Waals surface area (Å²) in [5.41, 5.74) is -1.93. The maximum atomic E-state index is 13.2. The first-order chi connectivity index (χ1) is 14.0. The van der Waals surface area contributed by atoms with E-state index < -0.39 is 44.9 Å². The van der Waals surface area contributed by atoms with Crippen LogP contribution in [0.3, 0.4) is 0 Å². The van der Waals surface area contributed by atoms with E-state index in [0.717, 1.165) is 11.4 Å². The molecule has 0 fully saturated rings. The molecule has 1 unspecified atom stereocenters. The van der Waals surface area contributed by atoms with Gasteiger partial charge in [0.2, 0.25) is 5.72 Å². The van der Waals surface area contributed by atoms with Crippen LogP contribution in [0.1, 0.15) is 12.0 Å². The van der Waals surface area contributed by atoms with E-state index >= 15 is 0 Å². The third-order valence-electron chi connectivity index (χ3n) is 4.35. The molecule has 0 spiro atoms. The van der Waals surface area contributed by atoms with E-state index in [2.05, 4.69) is 4.74 Å². The van der Waals surface area contributed by atoms with E-state index in [1.165, 1.54) is 42.5 Å². The zero-order chi connectivity index (χ0) is 22.3. The molecule has 0 aromatic heterocycles. The van der Waals surface area contributed by atoms with Crippen LogP contribution in [0.5, 0.6) is 0 Å². The fraction of sp³-hybridized carbons (Fsp3) is 0.235. The van der Waals surface area contributed by atoms with Gasteiger partial charge in [-0.05, 0) is 24.3 Å². The summed E-state index contributed by atoms with van der Waals surface area (Å²) in [6.45, 7) is -3.67. The Labute approximate surface area is 170 Å². The number of carbonyl (C=O) groups excluding carboxylic acids is 1. The molecule has 0 aliphatic carbocycles. The molecule has 4 rings (SSSR count). The smallest absolute Gasteiger partial charge is 0.379 e. The number of methoxy groups -OCH3 is 1. The van der Waals surface area contributed by atoms with Gasteiger partial charge in [0, 0.05) is 5.56 Å². The van der Waals surface area contributed by atoms with Crippen molar-refractivity contribution in [1.82, 2.24) is 0 Å². The summed E-state index contributed by atoms with van der Waals surface area (Å²) in [5, 5.41) is 0. The summed E-state index contributed by atoms with van der Waals surface area (Å²) in [4.78, 5) is 11.8. The average Bonchev–Trinajstić information content (AvgIpc) is 2.80. The largest absolute Gasteiger partial charge is 0.469 e. The van der Waals surface area contributed by atoms with Crippen LogP contribution in [0.2, 0.25) is 0 Å². The predicted octanol–water partition coefficient (Wildman–Crippen LogP) is 2.51. The van der Waals surface area contributed by atoms with Crippen LogP contribution in [0.4, 0.5) is 18.9 Å². The highest BCUT2D eigenvalue weighted by atomic mass is 32.2. The number of carbonyl (C=O) groups is 1. The van der Waals surface area contributed by atoms with Gasteiger partial charge < -0.3 is 4.74 Å². The summed E-state index contributed by atoms with van der Waals surface area (Å²) in [5.74, 6) is -0.813. The monoisotopic (exact) mass is 465 g/mol. The van der Waals surface area contributed by atoms with E-state index in [1.54, 1.807) is 6.07 Å². The summed E-state index contributed by atoms with van der Waals surface area (Å²) in [6, 6.07) is 11.2. The molecule has 2 aromatic carbocycles. The third-order valence-corrected chi connectivity index (χ3v) is 7.58. The first-order valence-electron chi connectivity index (χ1n) is 8.15. The number of nitrogens with zero attached hydrogens (tertiary/aromatic N) is 1. The molecule has 13 heteroatoms. The summed E-state index contributed by atoms with van der Waals surface area (Å²) in [7, 11) is -7.36. The Kier molecular flexibility index (Phi) is 5.56. The van der Waals surface area contributed by atoms with Crippen LogP contribution in [-0.4, -0.2) is 36.6 Å². The van der Waals surface area contributed by atoms with Crippen molar-refractivity contribution in [3.63, 3.8) is 0 Å². The van der Waals surface area contributed by atoms with Crippen molar-refractivity contribution in [1.29, 1.82) is 0 Å². The van der Waals surface area contributed by atoms with Crippen molar-refractivity contribution < 1.29 is 43.7 Å². The summed E-state index contributed by atoms with van der Waals surface area (Å²) >= 11 is 0. The Hall–Kier alpha value is -2.64. The number of benzene rings is 2. The number of rotatable bonds is 2. The Morgan fingerprint density at radius 3 is 2.37 bits per heavy atom. The van der Waals surface area contributed by atoms with Gasteiger partial charge in [0.25, 0.3) is 20.1 Å². The second kappa shape index (κ2) is 7.56. The van der Waals surface area contributed by atoms with Crippen molar-refractivity contribution in [2.75, 3.05) is 11.4 Å². The zero-order valence-electron chi connectivity index (χ0n) is 15.2. The Morgan fingerprint density at radius 2 is 1.73 bits per heavy atom. The Morgan fingerprint density at radius 1 is 1.10 bits per heavy atom. The molecule has 2 heterocycles. The molecule has 1 atom stereocenters. The molecule has 2 aliphatic rings. The molecule has 30 heavy (non-hydrogen) atoms. The second-order valence-electron chi connectivity index (χ2n) is 6.09. The van der Waals surface area contributed by atoms with Gasteiger partial charge in [0.15, 0.2) is 0 Å². The fourth-order valence-electron chi connectivity index (χ4n) is 3.30. The van der Waals surface area contributed by atoms with Crippen molar-refractivity contribution in [2.45, 2.75) is 28.6 Å². The Balaban J connectivity index is 0.000000589. The first-order valence-corrected chi connectivity index (χ1v) is 11.0. The third kappa shape index (κ3) is 3.52. The highest BCUT2D eigenvalue weighted by molar-refractivity contribution is 7.93. The number of alkyl halides is 3. The van der Waals surface area contributed by atoms with Crippen LogP contribution >= 0.6 is 0 Å². The van der Waals surface area contributed by atoms with Crippen LogP contribution < -0.4 is 4.31 Å². The number of halogens is 3. The minimum atomic E-state index is -4.33. The number of sulfonamides is 1. The van der Waals surface area contributed by atoms with Crippen molar-refractivity contribution in [3.8, 4) is 0 Å². The van der Waals surface area contributed by atoms with E-state index in [4.69, 9.17) is 4.18 Å². The first kappa shape index (κ1) is 22.1. The van der Waals surface area contributed by atoms with Crippen LogP contribution in [0, 0.1) is 0 Å². The van der Waals surface area contributed by atoms with Gasteiger partial charge in [-0.3, -0.25) is 4.79 Å². The zero-order valence-corrected chi connectivity index (χ0v) is 16.8. The lowest BCUT2D eigenvalue weighted by atomic mass is 9.98. The molecule has 2 aliphatic heterocycles. The standard InChI is InChI=1S/C16H13NO7S2.CHF3/c1-23-15(18)10-16-13-7-2-3-8-14(13)25(19,20)17(16)11-5-4-6-12(9-11)26(21,22)24-16;2-1(3)4/h2-9H,10H2,1H3;1H. The average molecular weight is 465 g/mol. The van der Waals surface area contributed by atoms with Crippen LogP contribution in [0.15, 0.2) is 58.3 Å². The normalized spacial score (nSPS) is 22.2. The highest BCUT2D eigenvalue weighted by Crippen LogP contribution is 2.52. The summed E-state index contributed by atoms with van der Waals surface area (Å²) in [6.07, 6.45) is -0.628. The molecule has 2 aromatic rings. The van der Waals surface area contributed by atoms with Gasteiger partial charge in [0.05, 0.1) is 22.6 Å². The summed E-state index contributed by atoms with van der Waals surface area (Å²) < 4.78 is 91.7. The van der Waals surface area contributed by atoms with Gasteiger partial charge in [-0.25, -0.2) is 16.9 Å². The molecule has 0 amide bonds. The second-order valence-corrected chi connectivity index (χ2v) is 9.39. The molecule has 0 saturated carbocycles. The predicted molar refractivity (Wildman–Crippen MR) is 96.2 cm³/mol. The lowest BCUT2D eigenvalue weighted by molar-refractivity contribution is -0.145. The quantitative estimate of drug-likeness (QED) is 0.496. The fourth-order valence-corrected chi connectivity index (χ4v) is 6.47. The van der Waals surface area contributed by atoms with Gasteiger partial charge in [-0.15, -0.1) is 0 Å². The minimum absolute atomic E-state index is 0.0661. The van der Waals surface area contributed by atoms with E-state index in [9.17, 15) is 34.8 Å². The highest BCUT2D eigenvalue weighted by Gasteiger charge is 2.60. The molecule has 0 radical (unpaired) electrons. The van der Waals surface area contributed by atoms with Crippen LogP contribution in [0.25, 0.3) is 0 Å². The molecule has 0 saturated heterocycles. The van der Waals surface area contributed by atoms with Gasteiger partial charge >= 0.3 is 12.6 Å². The van der Waals surface area contributed by atoms with Crippen LogP contribution in [-0.2, 0) is 39.6 Å². The lowest BCUT2D eigenvalue weighted by Gasteiger charge is -2.34. The molecule has 2 bridgehead atoms. The van der Waals surface area contributed by atoms with Gasteiger partial charge in [-0.2, -0.15) is 21.6 Å². The van der Waals surface area contributed by atoms with Crippen molar-refractivity contribution >= 4 is 31.8 Å². The Bertz CT molecular complexity index is 1200. The number of fused-ring (bicyclic) bond motifs is 6. The number of esters is 1. The van der Waals surface area contributed by atoms with Crippen molar-refractivity contribution in [2.24, 2.45) is 0 Å². The lowest BCUT2D eigenvalue weighted by Crippen LogP contribution is -2.48. The molecule has 162 valence electrons. The SMILES string of the molecule is COC(=O)CC12OS(=O)(=O)c3cccc(c3)N1S(=O)(=O)c1ccccc12.FC(F)F. The van der Waals surface area contributed by atoms with Gasteiger partial charge in [0.1, 0.15) is 6.42 Å².